The normalized spacial score (nSPS) is 36.0. The lowest BCUT2D eigenvalue weighted by Crippen LogP contribution is -2.45. The first kappa shape index (κ1) is 13.3. The number of morpholine rings is 1. The van der Waals surface area contributed by atoms with Crippen LogP contribution in [0.5, 0.6) is 0 Å². The maximum atomic E-state index is 5.36. The molecule has 0 aromatic rings. The smallest absolute Gasteiger partial charge is 0.0594 e. The summed E-state index contributed by atoms with van der Waals surface area (Å²) in [7, 11) is 0. The molecule has 2 aliphatic rings. The number of rotatable bonds is 4. The van der Waals surface area contributed by atoms with Gasteiger partial charge >= 0.3 is 0 Å². The SMILES string of the molecule is CC1CCC(NCCN2CCOCC2)C(C)C1. The van der Waals surface area contributed by atoms with E-state index in [0.29, 0.717) is 0 Å². The fourth-order valence-electron chi connectivity index (χ4n) is 3.20. The molecule has 1 saturated heterocycles. The van der Waals surface area contributed by atoms with Crippen molar-refractivity contribution in [3.63, 3.8) is 0 Å². The first-order valence-electron chi connectivity index (χ1n) is 7.29. The van der Waals surface area contributed by atoms with E-state index in [1.54, 1.807) is 0 Å². The quantitative estimate of drug-likeness (QED) is 0.810. The molecule has 0 bridgehead atoms. The van der Waals surface area contributed by atoms with E-state index in [1.165, 1.54) is 25.8 Å². The molecule has 3 nitrogen and oxygen atoms in total. The lowest BCUT2D eigenvalue weighted by molar-refractivity contribution is 0.0375. The third kappa shape index (κ3) is 4.23. The summed E-state index contributed by atoms with van der Waals surface area (Å²) in [6.07, 6.45) is 4.17. The molecular formula is C14H28N2O. The third-order valence-corrected chi connectivity index (χ3v) is 4.37. The van der Waals surface area contributed by atoms with E-state index in [-0.39, 0.29) is 0 Å². The second kappa shape index (κ2) is 6.72. The van der Waals surface area contributed by atoms with Gasteiger partial charge in [0.1, 0.15) is 0 Å². The highest BCUT2D eigenvalue weighted by Gasteiger charge is 2.24. The molecule has 0 spiro atoms. The first-order chi connectivity index (χ1) is 8.25. The van der Waals surface area contributed by atoms with Gasteiger partial charge in [-0.05, 0) is 31.1 Å². The zero-order valence-corrected chi connectivity index (χ0v) is 11.5. The minimum atomic E-state index is 0.757. The van der Waals surface area contributed by atoms with Crippen LogP contribution in [0, 0.1) is 11.8 Å². The molecule has 0 aromatic heterocycles. The Morgan fingerprint density at radius 3 is 2.65 bits per heavy atom. The van der Waals surface area contributed by atoms with Crippen LogP contribution < -0.4 is 5.32 Å². The molecule has 0 radical (unpaired) electrons. The van der Waals surface area contributed by atoms with Crippen molar-refractivity contribution in [2.75, 3.05) is 39.4 Å². The van der Waals surface area contributed by atoms with E-state index in [9.17, 15) is 0 Å². The Bertz CT molecular complexity index is 216. The van der Waals surface area contributed by atoms with Crippen molar-refractivity contribution in [1.29, 1.82) is 0 Å². The molecule has 1 aliphatic heterocycles. The predicted octanol–water partition coefficient (Wildman–Crippen LogP) is 1.73. The van der Waals surface area contributed by atoms with Gasteiger partial charge in [-0.25, -0.2) is 0 Å². The van der Waals surface area contributed by atoms with Gasteiger partial charge < -0.3 is 10.1 Å². The Morgan fingerprint density at radius 2 is 1.94 bits per heavy atom. The van der Waals surface area contributed by atoms with Crippen molar-refractivity contribution in [1.82, 2.24) is 10.2 Å². The summed E-state index contributed by atoms with van der Waals surface area (Å²) in [6, 6.07) is 0.757. The van der Waals surface area contributed by atoms with Gasteiger partial charge in [-0.1, -0.05) is 13.8 Å². The van der Waals surface area contributed by atoms with Crippen LogP contribution in [0.15, 0.2) is 0 Å². The largest absolute Gasteiger partial charge is 0.379 e. The van der Waals surface area contributed by atoms with Gasteiger partial charge in [0.15, 0.2) is 0 Å². The van der Waals surface area contributed by atoms with Crippen LogP contribution >= 0.6 is 0 Å². The van der Waals surface area contributed by atoms with Gasteiger partial charge in [-0.3, -0.25) is 4.90 Å². The van der Waals surface area contributed by atoms with Crippen molar-refractivity contribution < 1.29 is 4.74 Å². The lowest BCUT2D eigenvalue weighted by atomic mass is 9.80. The molecule has 0 amide bonds. The Kier molecular flexibility index (Phi) is 5.26. The van der Waals surface area contributed by atoms with Crippen molar-refractivity contribution in [3.05, 3.63) is 0 Å². The topological polar surface area (TPSA) is 24.5 Å². The average molecular weight is 240 g/mol. The monoisotopic (exact) mass is 240 g/mol. The Labute approximate surface area is 106 Å². The van der Waals surface area contributed by atoms with Crippen LogP contribution in [-0.2, 0) is 4.74 Å². The van der Waals surface area contributed by atoms with E-state index in [4.69, 9.17) is 4.74 Å². The van der Waals surface area contributed by atoms with Crippen LogP contribution in [0.1, 0.15) is 33.1 Å². The highest BCUT2D eigenvalue weighted by molar-refractivity contribution is 4.81. The van der Waals surface area contributed by atoms with Crippen LogP contribution in [-0.4, -0.2) is 50.3 Å². The van der Waals surface area contributed by atoms with Crippen molar-refractivity contribution in [2.45, 2.75) is 39.2 Å². The summed E-state index contributed by atoms with van der Waals surface area (Å²) in [5.41, 5.74) is 0. The molecule has 1 aliphatic carbocycles. The third-order valence-electron chi connectivity index (χ3n) is 4.37. The Hall–Kier alpha value is -0.120. The van der Waals surface area contributed by atoms with E-state index < -0.39 is 0 Å². The van der Waals surface area contributed by atoms with E-state index in [1.807, 2.05) is 0 Å². The molecule has 3 unspecified atom stereocenters. The van der Waals surface area contributed by atoms with E-state index in [0.717, 1.165) is 50.7 Å². The Balaban J connectivity index is 1.61. The maximum absolute atomic E-state index is 5.36. The second-order valence-electron chi connectivity index (χ2n) is 5.91. The zero-order valence-electron chi connectivity index (χ0n) is 11.5. The minimum absolute atomic E-state index is 0.757. The van der Waals surface area contributed by atoms with Crippen LogP contribution in [0.4, 0.5) is 0 Å². The molecule has 0 aromatic carbocycles. The average Bonchev–Trinajstić information content (AvgIpc) is 2.33. The van der Waals surface area contributed by atoms with Gasteiger partial charge in [-0.2, -0.15) is 0 Å². The summed E-state index contributed by atoms with van der Waals surface area (Å²) >= 11 is 0. The van der Waals surface area contributed by atoms with Crippen molar-refractivity contribution in [2.24, 2.45) is 11.8 Å². The minimum Gasteiger partial charge on any atom is -0.379 e. The fraction of sp³-hybridized carbons (Fsp3) is 1.00. The van der Waals surface area contributed by atoms with Crippen LogP contribution in [0.2, 0.25) is 0 Å². The Morgan fingerprint density at radius 1 is 1.18 bits per heavy atom. The highest BCUT2D eigenvalue weighted by Crippen LogP contribution is 2.28. The van der Waals surface area contributed by atoms with Gasteiger partial charge in [0.2, 0.25) is 0 Å². The molecule has 1 heterocycles. The summed E-state index contributed by atoms with van der Waals surface area (Å²) in [6.45, 7) is 11.2. The zero-order chi connectivity index (χ0) is 12.1. The fourth-order valence-corrected chi connectivity index (χ4v) is 3.20. The summed E-state index contributed by atoms with van der Waals surface area (Å²) in [5, 5.41) is 3.76. The second-order valence-corrected chi connectivity index (χ2v) is 5.91. The van der Waals surface area contributed by atoms with E-state index in [2.05, 4.69) is 24.1 Å². The first-order valence-corrected chi connectivity index (χ1v) is 7.29. The summed E-state index contributed by atoms with van der Waals surface area (Å²) < 4.78 is 5.36. The molecule has 2 rings (SSSR count). The lowest BCUT2D eigenvalue weighted by Gasteiger charge is -2.34. The van der Waals surface area contributed by atoms with Gasteiger partial charge in [0, 0.05) is 32.2 Å². The summed E-state index contributed by atoms with van der Waals surface area (Å²) in [5.74, 6) is 1.78. The van der Waals surface area contributed by atoms with E-state index >= 15 is 0 Å². The molecule has 17 heavy (non-hydrogen) atoms. The number of ether oxygens (including phenoxy) is 1. The molecule has 3 atom stereocenters. The van der Waals surface area contributed by atoms with Gasteiger partial charge in [0.05, 0.1) is 13.2 Å². The molecule has 3 heteroatoms. The number of hydrogen-bond donors (Lipinski definition) is 1. The van der Waals surface area contributed by atoms with Crippen LogP contribution in [0.3, 0.4) is 0 Å². The summed E-state index contributed by atoms with van der Waals surface area (Å²) in [4.78, 5) is 2.51. The predicted molar refractivity (Wildman–Crippen MR) is 71.2 cm³/mol. The standard InChI is InChI=1S/C14H28N2O/c1-12-3-4-14(13(2)11-12)15-5-6-16-7-9-17-10-8-16/h12-15H,3-11H2,1-2H3. The highest BCUT2D eigenvalue weighted by atomic mass is 16.5. The maximum Gasteiger partial charge on any atom is 0.0594 e. The van der Waals surface area contributed by atoms with Gasteiger partial charge in [-0.15, -0.1) is 0 Å². The molecular weight excluding hydrogens is 212 g/mol. The van der Waals surface area contributed by atoms with Gasteiger partial charge in [0.25, 0.3) is 0 Å². The van der Waals surface area contributed by atoms with Crippen LogP contribution in [0.25, 0.3) is 0 Å². The van der Waals surface area contributed by atoms with Crippen molar-refractivity contribution >= 4 is 0 Å². The molecule has 1 N–H and O–H groups in total. The molecule has 1 saturated carbocycles. The number of nitrogens with one attached hydrogen (secondary N) is 1. The number of hydrogen-bond acceptors (Lipinski definition) is 3. The van der Waals surface area contributed by atoms with Crippen molar-refractivity contribution in [3.8, 4) is 0 Å². The number of nitrogens with zero attached hydrogens (tertiary/aromatic N) is 1. The molecule has 100 valence electrons. The molecule has 2 fully saturated rings.